The number of aliphatic carboxylic acids is 1. The van der Waals surface area contributed by atoms with E-state index in [-0.39, 0.29) is 6.54 Å². The molecule has 0 radical (unpaired) electrons. The fourth-order valence-electron chi connectivity index (χ4n) is 1.31. The molecular weight excluding hydrogens is 252 g/mol. The number of benzene rings is 1. The fraction of sp³-hybridized carbons (Fsp3) is 0.333. The molecule has 2 amide bonds. The number of methoxy groups -OCH3 is 2. The number of amides is 2. The Balaban J connectivity index is 2.44. The Hall–Kier alpha value is -2.28. The third-order valence-corrected chi connectivity index (χ3v) is 2.36. The van der Waals surface area contributed by atoms with Crippen LogP contribution >= 0.6 is 0 Å². The minimum atomic E-state index is -1.13. The van der Waals surface area contributed by atoms with Crippen molar-refractivity contribution in [3.63, 3.8) is 0 Å². The van der Waals surface area contributed by atoms with E-state index in [1.165, 1.54) is 7.11 Å². The molecule has 0 aliphatic rings. The molecule has 19 heavy (non-hydrogen) atoms. The molecule has 1 aromatic carbocycles. The molecule has 7 nitrogen and oxygen atoms in total. The van der Waals surface area contributed by atoms with Gasteiger partial charge in [-0.05, 0) is 24.3 Å². The van der Waals surface area contributed by atoms with Gasteiger partial charge in [-0.15, -0.1) is 0 Å². The average molecular weight is 268 g/mol. The minimum absolute atomic E-state index is 0.117. The molecular formula is C12H16N2O5. The first-order chi connectivity index (χ1) is 9.06. The zero-order chi connectivity index (χ0) is 14.3. The number of ether oxygens (including phenoxy) is 2. The van der Waals surface area contributed by atoms with Crippen molar-refractivity contribution in [3.05, 3.63) is 24.3 Å². The highest BCUT2D eigenvalue weighted by atomic mass is 16.5. The van der Waals surface area contributed by atoms with Crippen LogP contribution in [0.5, 0.6) is 5.75 Å². The van der Waals surface area contributed by atoms with E-state index in [1.807, 2.05) is 0 Å². The van der Waals surface area contributed by atoms with Gasteiger partial charge in [0, 0.05) is 12.8 Å². The summed E-state index contributed by atoms with van der Waals surface area (Å²) in [5.41, 5.74) is 0.572. The molecule has 3 N–H and O–H groups in total. The van der Waals surface area contributed by atoms with Crippen molar-refractivity contribution >= 4 is 17.7 Å². The number of anilines is 1. The van der Waals surface area contributed by atoms with Crippen LogP contribution in [0.3, 0.4) is 0 Å². The van der Waals surface area contributed by atoms with Gasteiger partial charge in [0.05, 0.1) is 13.7 Å². The summed E-state index contributed by atoms with van der Waals surface area (Å²) in [6.45, 7) is -0.117. The van der Waals surface area contributed by atoms with Crippen molar-refractivity contribution in [3.8, 4) is 5.75 Å². The Kier molecular flexibility index (Phi) is 5.62. The van der Waals surface area contributed by atoms with Crippen molar-refractivity contribution in [2.75, 3.05) is 26.1 Å². The van der Waals surface area contributed by atoms with E-state index in [0.29, 0.717) is 11.4 Å². The van der Waals surface area contributed by atoms with Gasteiger partial charge in [0.25, 0.3) is 0 Å². The van der Waals surface area contributed by atoms with Gasteiger partial charge in [-0.1, -0.05) is 0 Å². The topological polar surface area (TPSA) is 96.9 Å². The summed E-state index contributed by atoms with van der Waals surface area (Å²) in [5, 5.41) is 13.7. The summed E-state index contributed by atoms with van der Waals surface area (Å²) in [4.78, 5) is 22.2. The fourth-order valence-corrected chi connectivity index (χ4v) is 1.31. The molecule has 0 aliphatic heterocycles. The molecule has 0 heterocycles. The first-order valence-electron chi connectivity index (χ1n) is 5.51. The Morgan fingerprint density at radius 2 is 1.89 bits per heavy atom. The molecule has 0 aromatic heterocycles. The lowest BCUT2D eigenvalue weighted by molar-refractivity contribution is -0.147. The number of carboxylic acids is 1. The Morgan fingerprint density at radius 3 is 2.37 bits per heavy atom. The van der Waals surface area contributed by atoms with Gasteiger partial charge in [0.1, 0.15) is 5.75 Å². The number of rotatable bonds is 6. The average Bonchev–Trinajstić information content (AvgIpc) is 2.40. The van der Waals surface area contributed by atoms with Crippen LogP contribution in [-0.4, -0.2) is 44.0 Å². The second kappa shape index (κ2) is 7.22. The SMILES string of the molecule is COc1ccc(NC(=O)NCC(OC)C(=O)O)cc1. The number of carboxylic acid groups (broad SMARTS) is 1. The van der Waals surface area contributed by atoms with E-state index in [2.05, 4.69) is 15.4 Å². The summed E-state index contributed by atoms with van der Waals surface area (Å²) in [6.07, 6.45) is -1.07. The molecule has 1 unspecified atom stereocenters. The van der Waals surface area contributed by atoms with E-state index < -0.39 is 18.1 Å². The second-order valence-electron chi connectivity index (χ2n) is 3.63. The maximum Gasteiger partial charge on any atom is 0.334 e. The third kappa shape index (κ3) is 4.84. The van der Waals surface area contributed by atoms with E-state index in [9.17, 15) is 9.59 Å². The first kappa shape index (κ1) is 14.8. The highest BCUT2D eigenvalue weighted by Crippen LogP contribution is 2.14. The van der Waals surface area contributed by atoms with Gasteiger partial charge >= 0.3 is 12.0 Å². The van der Waals surface area contributed by atoms with Gasteiger partial charge in [-0.25, -0.2) is 9.59 Å². The van der Waals surface area contributed by atoms with E-state index >= 15 is 0 Å². The molecule has 0 saturated carbocycles. The van der Waals surface area contributed by atoms with Crippen molar-refractivity contribution in [1.29, 1.82) is 0 Å². The predicted octanol–water partition coefficient (Wildman–Crippen LogP) is 0.916. The number of urea groups is 1. The maximum absolute atomic E-state index is 11.5. The van der Waals surface area contributed by atoms with Gasteiger partial charge in [0.15, 0.2) is 6.10 Å². The quantitative estimate of drug-likeness (QED) is 0.712. The molecule has 0 fully saturated rings. The lowest BCUT2D eigenvalue weighted by Gasteiger charge is -2.12. The molecule has 0 saturated heterocycles. The Morgan fingerprint density at radius 1 is 1.26 bits per heavy atom. The molecule has 0 aliphatic carbocycles. The van der Waals surface area contributed by atoms with Gasteiger partial charge in [0.2, 0.25) is 0 Å². The van der Waals surface area contributed by atoms with Gasteiger partial charge in [-0.3, -0.25) is 0 Å². The summed E-state index contributed by atoms with van der Waals surface area (Å²) in [5.74, 6) is -0.455. The van der Waals surface area contributed by atoms with Crippen LogP contribution in [0.4, 0.5) is 10.5 Å². The minimum Gasteiger partial charge on any atom is -0.497 e. The van der Waals surface area contributed by atoms with E-state index in [4.69, 9.17) is 9.84 Å². The van der Waals surface area contributed by atoms with E-state index in [0.717, 1.165) is 0 Å². The molecule has 1 atom stereocenters. The summed E-state index contributed by atoms with van der Waals surface area (Å²) >= 11 is 0. The molecule has 104 valence electrons. The van der Waals surface area contributed by atoms with Crippen molar-refractivity contribution < 1.29 is 24.2 Å². The van der Waals surface area contributed by atoms with Crippen LogP contribution in [0, 0.1) is 0 Å². The van der Waals surface area contributed by atoms with Crippen LogP contribution in [0.2, 0.25) is 0 Å². The summed E-state index contributed by atoms with van der Waals surface area (Å²) in [6, 6.07) is 6.23. The zero-order valence-corrected chi connectivity index (χ0v) is 10.7. The van der Waals surface area contributed by atoms with Crippen LogP contribution < -0.4 is 15.4 Å². The first-order valence-corrected chi connectivity index (χ1v) is 5.51. The number of carbonyl (C=O) groups is 2. The van der Waals surface area contributed by atoms with Crippen LogP contribution in [0.15, 0.2) is 24.3 Å². The van der Waals surface area contributed by atoms with Crippen LogP contribution in [0.25, 0.3) is 0 Å². The summed E-state index contributed by atoms with van der Waals surface area (Å²) < 4.78 is 9.67. The van der Waals surface area contributed by atoms with Crippen molar-refractivity contribution in [2.24, 2.45) is 0 Å². The Bertz CT molecular complexity index is 432. The predicted molar refractivity (Wildman–Crippen MR) is 68.4 cm³/mol. The van der Waals surface area contributed by atoms with E-state index in [1.54, 1.807) is 31.4 Å². The smallest absolute Gasteiger partial charge is 0.334 e. The van der Waals surface area contributed by atoms with Crippen LogP contribution in [-0.2, 0) is 9.53 Å². The normalized spacial score (nSPS) is 11.5. The second-order valence-corrected chi connectivity index (χ2v) is 3.63. The molecule has 0 bridgehead atoms. The lowest BCUT2D eigenvalue weighted by Crippen LogP contribution is -2.39. The molecule has 1 aromatic rings. The lowest BCUT2D eigenvalue weighted by atomic mass is 10.3. The van der Waals surface area contributed by atoms with Gasteiger partial charge < -0.3 is 25.2 Å². The monoisotopic (exact) mass is 268 g/mol. The Labute approximate surface area is 110 Å². The van der Waals surface area contributed by atoms with Crippen molar-refractivity contribution in [2.45, 2.75) is 6.10 Å². The van der Waals surface area contributed by atoms with Crippen LogP contribution in [0.1, 0.15) is 0 Å². The van der Waals surface area contributed by atoms with Crippen molar-refractivity contribution in [1.82, 2.24) is 5.32 Å². The number of carbonyl (C=O) groups excluding carboxylic acids is 1. The highest BCUT2D eigenvalue weighted by Gasteiger charge is 2.16. The largest absolute Gasteiger partial charge is 0.497 e. The number of hydrogen-bond acceptors (Lipinski definition) is 4. The number of nitrogens with one attached hydrogen (secondary N) is 2. The third-order valence-electron chi connectivity index (χ3n) is 2.36. The zero-order valence-electron chi connectivity index (χ0n) is 10.7. The standard InChI is InChI=1S/C12H16N2O5/c1-18-9-5-3-8(4-6-9)14-12(17)13-7-10(19-2)11(15)16/h3-6,10H,7H2,1-2H3,(H,15,16)(H2,13,14,17). The highest BCUT2D eigenvalue weighted by molar-refractivity contribution is 5.89. The molecule has 1 rings (SSSR count). The van der Waals surface area contributed by atoms with Gasteiger partial charge in [-0.2, -0.15) is 0 Å². The number of hydrogen-bond donors (Lipinski definition) is 3. The molecule has 0 spiro atoms. The maximum atomic E-state index is 11.5. The summed E-state index contributed by atoms with van der Waals surface area (Å²) in [7, 11) is 2.81. The molecule has 7 heteroatoms.